The molecule has 1 aliphatic rings. The molecule has 0 aromatic heterocycles. The molecule has 0 radical (unpaired) electrons. The molecule has 98 valence electrons. The van der Waals surface area contributed by atoms with E-state index in [0.29, 0.717) is 12.1 Å². The van der Waals surface area contributed by atoms with Crippen LogP contribution in [0, 0.1) is 0 Å². The monoisotopic (exact) mass is 271 g/mol. The van der Waals surface area contributed by atoms with Crippen molar-refractivity contribution in [1.82, 2.24) is 5.32 Å². The van der Waals surface area contributed by atoms with Crippen molar-refractivity contribution in [3.8, 4) is 0 Å². The van der Waals surface area contributed by atoms with Gasteiger partial charge in [-0.25, -0.2) is 0 Å². The molecule has 7 heteroatoms. The zero-order valence-corrected chi connectivity index (χ0v) is 10.4. The van der Waals surface area contributed by atoms with E-state index in [1.807, 2.05) is 6.07 Å². The second kappa shape index (κ2) is 4.82. The van der Waals surface area contributed by atoms with Crippen LogP contribution in [0.3, 0.4) is 0 Å². The summed E-state index contributed by atoms with van der Waals surface area (Å²) >= 11 is 0. The number of carboxylic acids is 1. The Kier molecular flexibility index (Phi) is 3.54. The zero-order valence-electron chi connectivity index (χ0n) is 9.54. The number of rotatable bonds is 3. The Morgan fingerprint density at radius 3 is 2.78 bits per heavy atom. The number of benzene rings is 1. The molecular weight excluding hydrogens is 257 g/mol. The summed E-state index contributed by atoms with van der Waals surface area (Å²) < 4.78 is 11.1. The first-order valence-corrected chi connectivity index (χ1v) is 7.27. The molecular formula is C11H14NO5P. The lowest BCUT2D eigenvalue weighted by molar-refractivity contribution is -0.139. The molecule has 0 saturated carbocycles. The molecule has 1 aromatic carbocycles. The molecule has 1 unspecified atom stereocenters. The van der Waals surface area contributed by atoms with E-state index in [4.69, 9.17) is 14.9 Å². The SMILES string of the molecule is O=C(O)C1Cc2c(cccc2CP(=O)(O)O)CN1. The Balaban J connectivity index is 2.34. The standard InChI is InChI=1S/C11H14NO5P/c13-11(14)10-4-9-7(5-12-10)2-1-3-8(9)6-18(15,16)17/h1-3,10,12H,4-6H2,(H,13,14)(H2,15,16,17). The van der Waals surface area contributed by atoms with Crippen LogP contribution in [-0.4, -0.2) is 26.9 Å². The lowest BCUT2D eigenvalue weighted by atomic mass is 9.92. The third-order valence-electron chi connectivity index (χ3n) is 2.99. The van der Waals surface area contributed by atoms with Crippen molar-refractivity contribution in [2.24, 2.45) is 0 Å². The van der Waals surface area contributed by atoms with Crippen LogP contribution in [-0.2, 0) is 28.5 Å². The van der Waals surface area contributed by atoms with Gasteiger partial charge in [0.2, 0.25) is 0 Å². The van der Waals surface area contributed by atoms with Gasteiger partial charge in [-0.05, 0) is 23.1 Å². The third kappa shape index (κ3) is 2.97. The molecule has 2 rings (SSSR count). The number of aliphatic carboxylic acids is 1. The maximum absolute atomic E-state index is 11.1. The zero-order chi connectivity index (χ0) is 13.3. The number of hydrogen-bond donors (Lipinski definition) is 4. The van der Waals surface area contributed by atoms with Gasteiger partial charge in [-0.2, -0.15) is 0 Å². The average molecular weight is 271 g/mol. The van der Waals surface area contributed by atoms with E-state index in [9.17, 15) is 9.36 Å². The highest BCUT2D eigenvalue weighted by Gasteiger charge is 2.27. The maximum Gasteiger partial charge on any atom is 0.329 e. The number of carboxylic acid groups (broad SMARTS) is 1. The fourth-order valence-corrected chi connectivity index (χ4v) is 2.91. The van der Waals surface area contributed by atoms with E-state index >= 15 is 0 Å². The van der Waals surface area contributed by atoms with E-state index in [0.717, 1.165) is 11.1 Å². The van der Waals surface area contributed by atoms with Gasteiger partial charge in [-0.3, -0.25) is 9.36 Å². The number of carbonyl (C=O) groups is 1. The summed E-state index contributed by atoms with van der Waals surface area (Å²) in [7, 11) is -4.15. The topological polar surface area (TPSA) is 107 Å². The minimum absolute atomic E-state index is 0.251. The first kappa shape index (κ1) is 13.2. The molecule has 1 atom stereocenters. The number of hydrogen-bond acceptors (Lipinski definition) is 3. The van der Waals surface area contributed by atoms with E-state index < -0.39 is 19.6 Å². The highest BCUT2D eigenvalue weighted by molar-refractivity contribution is 7.50. The summed E-state index contributed by atoms with van der Waals surface area (Å²) in [5, 5.41) is 11.8. The Morgan fingerprint density at radius 1 is 1.44 bits per heavy atom. The van der Waals surface area contributed by atoms with Crippen molar-refractivity contribution in [3.63, 3.8) is 0 Å². The van der Waals surface area contributed by atoms with Gasteiger partial charge in [-0.1, -0.05) is 18.2 Å². The molecule has 1 aliphatic heterocycles. The Labute approximate surface area is 104 Å². The predicted molar refractivity (Wildman–Crippen MR) is 64.2 cm³/mol. The van der Waals surface area contributed by atoms with Gasteiger partial charge in [0.25, 0.3) is 0 Å². The van der Waals surface area contributed by atoms with Crippen LogP contribution in [0.25, 0.3) is 0 Å². The maximum atomic E-state index is 11.1. The van der Waals surface area contributed by atoms with Crippen LogP contribution in [0.5, 0.6) is 0 Å². The lowest BCUT2D eigenvalue weighted by Crippen LogP contribution is -2.42. The second-order valence-corrected chi connectivity index (χ2v) is 6.00. The highest BCUT2D eigenvalue weighted by atomic mass is 31.2. The molecule has 0 fully saturated rings. The molecule has 4 N–H and O–H groups in total. The normalized spacial score (nSPS) is 19.3. The van der Waals surface area contributed by atoms with Crippen LogP contribution < -0.4 is 5.32 Å². The summed E-state index contributed by atoms with van der Waals surface area (Å²) in [4.78, 5) is 29.0. The average Bonchev–Trinajstić information content (AvgIpc) is 2.26. The van der Waals surface area contributed by atoms with E-state index in [1.54, 1.807) is 12.1 Å². The third-order valence-corrected chi connectivity index (χ3v) is 3.74. The quantitative estimate of drug-likeness (QED) is 0.595. The van der Waals surface area contributed by atoms with Crippen molar-refractivity contribution in [3.05, 3.63) is 34.9 Å². The van der Waals surface area contributed by atoms with Crippen molar-refractivity contribution in [2.45, 2.75) is 25.2 Å². The van der Waals surface area contributed by atoms with Gasteiger partial charge >= 0.3 is 13.6 Å². The Morgan fingerprint density at radius 2 is 2.17 bits per heavy atom. The predicted octanol–water partition coefficient (Wildman–Crippen LogP) is 0.463. The van der Waals surface area contributed by atoms with Crippen LogP contribution in [0.1, 0.15) is 16.7 Å². The van der Waals surface area contributed by atoms with Gasteiger partial charge in [0.05, 0.1) is 6.16 Å². The van der Waals surface area contributed by atoms with E-state index in [2.05, 4.69) is 5.32 Å². The smallest absolute Gasteiger partial charge is 0.329 e. The van der Waals surface area contributed by atoms with E-state index in [-0.39, 0.29) is 12.6 Å². The van der Waals surface area contributed by atoms with Gasteiger partial charge in [-0.15, -0.1) is 0 Å². The fourth-order valence-electron chi connectivity index (χ4n) is 2.17. The van der Waals surface area contributed by atoms with Gasteiger partial charge in [0, 0.05) is 6.54 Å². The van der Waals surface area contributed by atoms with Crippen LogP contribution in [0.15, 0.2) is 18.2 Å². The summed E-state index contributed by atoms with van der Waals surface area (Å²) in [6.45, 7) is 0.404. The van der Waals surface area contributed by atoms with Crippen molar-refractivity contribution in [1.29, 1.82) is 0 Å². The van der Waals surface area contributed by atoms with Crippen molar-refractivity contribution >= 4 is 13.6 Å². The molecule has 0 spiro atoms. The Hall–Kier alpha value is -1.20. The molecule has 0 bridgehead atoms. The van der Waals surface area contributed by atoms with Crippen LogP contribution in [0.4, 0.5) is 0 Å². The first-order valence-electron chi connectivity index (χ1n) is 5.47. The van der Waals surface area contributed by atoms with Crippen LogP contribution >= 0.6 is 7.60 Å². The number of fused-ring (bicyclic) bond motifs is 1. The van der Waals surface area contributed by atoms with E-state index in [1.165, 1.54) is 0 Å². The second-order valence-electron chi connectivity index (χ2n) is 4.35. The molecule has 0 aliphatic carbocycles. The van der Waals surface area contributed by atoms with Crippen molar-refractivity contribution in [2.75, 3.05) is 0 Å². The number of nitrogens with one attached hydrogen (secondary N) is 1. The molecule has 0 saturated heterocycles. The molecule has 6 nitrogen and oxygen atoms in total. The minimum atomic E-state index is -4.15. The summed E-state index contributed by atoms with van der Waals surface area (Å²) in [5.74, 6) is -0.952. The van der Waals surface area contributed by atoms with Crippen molar-refractivity contribution < 1.29 is 24.3 Å². The largest absolute Gasteiger partial charge is 0.480 e. The minimum Gasteiger partial charge on any atom is -0.480 e. The first-order chi connectivity index (χ1) is 8.37. The summed E-state index contributed by atoms with van der Waals surface area (Å²) in [6.07, 6.45) is -0.0939. The molecule has 18 heavy (non-hydrogen) atoms. The molecule has 1 aromatic rings. The summed E-state index contributed by atoms with van der Waals surface area (Å²) in [5.41, 5.74) is 2.18. The van der Waals surface area contributed by atoms with Gasteiger partial charge < -0.3 is 20.2 Å². The van der Waals surface area contributed by atoms with Gasteiger partial charge in [0.15, 0.2) is 0 Å². The van der Waals surface area contributed by atoms with Crippen LogP contribution in [0.2, 0.25) is 0 Å². The lowest BCUT2D eigenvalue weighted by Gasteiger charge is -2.25. The van der Waals surface area contributed by atoms with Gasteiger partial charge in [0.1, 0.15) is 6.04 Å². The molecule has 0 amide bonds. The Bertz CT molecular complexity index is 524. The highest BCUT2D eigenvalue weighted by Crippen LogP contribution is 2.40. The summed E-state index contributed by atoms with van der Waals surface area (Å²) in [6, 6.07) is 4.51. The fraction of sp³-hybridized carbons (Fsp3) is 0.364. The molecule has 1 heterocycles.